The number of nitrogen functional groups attached to an aromatic ring is 1. The van der Waals surface area contributed by atoms with Gasteiger partial charge in [0.15, 0.2) is 5.82 Å². The lowest BCUT2D eigenvalue weighted by molar-refractivity contribution is 0.425. The number of pyridine rings is 1. The van der Waals surface area contributed by atoms with Crippen LogP contribution in [0.15, 0.2) is 70.2 Å². The first-order valence-electron chi connectivity index (χ1n) is 11.0. The van der Waals surface area contributed by atoms with E-state index in [1.165, 1.54) is 6.33 Å². The lowest BCUT2D eigenvalue weighted by Crippen LogP contribution is -2.27. The molecule has 1 atom stereocenters. The molecule has 5 aromatic rings. The SMILES string of the molecule is CCC(Nc1ncnc(N)c1-c1nc(C)no1)c1cc2cccc(Cl)c2c(=O)n1-c1ccccc1. The molecule has 2 aromatic carbocycles. The Balaban J connectivity index is 1.71. The highest BCUT2D eigenvalue weighted by molar-refractivity contribution is 6.35. The van der Waals surface area contributed by atoms with Crippen molar-refractivity contribution in [3.63, 3.8) is 0 Å². The van der Waals surface area contributed by atoms with Gasteiger partial charge in [0.2, 0.25) is 0 Å². The van der Waals surface area contributed by atoms with Crippen LogP contribution in [0, 0.1) is 6.92 Å². The Morgan fingerprint density at radius 3 is 2.66 bits per heavy atom. The van der Waals surface area contributed by atoms with Gasteiger partial charge in [-0.25, -0.2) is 9.97 Å². The minimum absolute atomic E-state index is 0.201. The Hall–Kier alpha value is -4.24. The van der Waals surface area contributed by atoms with Crippen LogP contribution in [-0.4, -0.2) is 24.7 Å². The van der Waals surface area contributed by atoms with E-state index in [0.717, 1.165) is 16.8 Å². The summed E-state index contributed by atoms with van der Waals surface area (Å²) < 4.78 is 7.02. The molecule has 0 fully saturated rings. The predicted molar refractivity (Wildman–Crippen MR) is 136 cm³/mol. The number of benzene rings is 2. The molecular formula is C25H22ClN7O2. The normalized spacial score (nSPS) is 12.1. The van der Waals surface area contributed by atoms with E-state index in [-0.39, 0.29) is 23.3 Å². The monoisotopic (exact) mass is 487 g/mol. The highest BCUT2D eigenvalue weighted by Gasteiger charge is 2.24. The molecule has 0 saturated heterocycles. The van der Waals surface area contributed by atoms with E-state index < -0.39 is 0 Å². The first-order chi connectivity index (χ1) is 17.0. The first kappa shape index (κ1) is 22.5. The molecule has 10 heteroatoms. The number of nitrogens with zero attached hydrogens (tertiary/aromatic N) is 5. The number of fused-ring (bicyclic) bond motifs is 1. The van der Waals surface area contributed by atoms with Crippen molar-refractivity contribution < 1.29 is 4.52 Å². The van der Waals surface area contributed by atoms with Gasteiger partial charge in [0, 0.05) is 11.4 Å². The fourth-order valence-electron chi connectivity index (χ4n) is 4.11. The van der Waals surface area contributed by atoms with Crippen LogP contribution in [0.4, 0.5) is 11.6 Å². The summed E-state index contributed by atoms with van der Waals surface area (Å²) in [6, 6.07) is 16.5. The van der Waals surface area contributed by atoms with Crippen LogP contribution in [0.5, 0.6) is 0 Å². The predicted octanol–water partition coefficient (Wildman–Crippen LogP) is 4.94. The minimum atomic E-state index is -0.330. The molecule has 0 radical (unpaired) electrons. The zero-order valence-electron chi connectivity index (χ0n) is 19.1. The second-order valence-electron chi connectivity index (χ2n) is 7.98. The molecule has 5 rings (SSSR count). The van der Waals surface area contributed by atoms with Gasteiger partial charge in [0.25, 0.3) is 11.4 Å². The van der Waals surface area contributed by atoms with Gasteiger partial charge < -0.3 is 15.6 Å². The van der Waals surface area contributed by atoms with Crippen LogP contribution in [0.3, 0.4) is 0 Å². The molecule has 0 bridgehead atoms. The molecule has 0 amide bonds. The molecule has 3 heterocycles. The van der Waals surface area contributed by atoms with Gasteiger partial charge in [-0.05, 0) is 43.0 Å². The highest BCUT2D eigenvalue weighted by Crippen LogP contribution is 2.34. The van der Waals surface area contributed by atoms with Crippen molar-refractivity contribution in [3.8, 4) is 17.1 Å². The van der Waals surface area contributed by atoms with Crippen LogP contribution >= 0.6 is 11.6 Å². The molecule has 0 spiro atoms. The van der Waals surface area contributed by atoms with Crippen molar-refractivity contribution in [2.24, 2.45) is 0 Å². The molecule has 1 unspecified atom stereocenters. The van der Waals surface area contributed by atoms with E-state index in [1.807, 2.05) is 55.5 Å². The van der Waals surface area contributed by atoms with Crippen molar-refractivity contribution in [1.29, 1.82) is 0 Å². The summed E-state index contributed by atoms with van der Waals surface area (Å²) in [5.74, 6) is 1.30. The van der Waals surface area contributed by atoms with Gasteiger partial charge in [-0.1, -0.05) is 54.0 Å². The zero-order valence-corrected chi connectivity index (χ0v) is 19.8. The van der Waals surface area contributed by atoms with Gasteiger partial charge in [0.05, 0.1) is 16.5 Å². The van der Waals surface area contributed by atoms with Crippen LogP contribution in [-0.2, 0) is 0 Å². The van der Waals surface area contributed by atoms with Crippen molar-refractivity contribution in [3.05, 3.63) is 87.8 Å². The van der Waals surface area contributed by atoms with Crippen molar-refractivity contribution in [1.82, 2.24) is 24.7 Å². The molecule has 0 aliphatic rings. The van der Waals surface area contributed by atoms with E-state index in [2.05, 4.69) is 25.4 Å². The number of hydrogen-bond donors (Lipinski definition) is 2. The first-order valence-corrected chi connectivity index (χ1v) is 11.4. The standard InChI is InChI=1S/C25H22ClN7O2/c1-3-18(31-23-21(22(27)28-13-29-23)24-30-14(2)32-35-24)19-12-15-8-7-11-17(26)20(15)25(34)33(19)16-9-5-4-6-10-16/h4-13,18H,3H2,1-2H3,(H3,27,28,29,31). The van der Waals surface area contributed by atoms with Gasteiger partial charge in [0.1, 0.15) is 23.5 Å². The molecule has 0 saturated carbocycles. The summed E-state index contributed by atoms with van der Waals surface area (Å²) in [5, 5.41) is 8.90. The Kier molecular flexibility index (Phi) is 5.92. The molecule has 0 aliphatic heterocycles. The average molecular weight is 488 g/mol. The molecular weight excluding hydrogens is 466 g/mol. The number of aromatic nitrogens is 5. The van der Waals surface area contributed by atoms with E-state index in [0.29, 0.717) is 34.0 Å². The maximum Gasteiger partial charge on any atom is 0.265 e. The number of aryl methyl sites for hydroxylation is 1. The Morgan fingerprint density at radius 1 is 1.14 bits per heavy atom. The minimum Gasteiger partial charge on any atom is -0.383 e. The molecule has 3 aromatic heterocycles. The van der Waals surface area contributed by atoms with Crippen LogP contribution in [0.2, 0.25) is 5.02 Å². The number of hydrogen-bond acceptors (Lipinski definition) is 8. The maximum atomic E-state index is 13.8. The molecule has 176 valence electrons. The van der Waals surface area contributed by atoms with Gasteiger partial charge >= 0.3 is 0 Å². The number of halogens is 1. The number of anilines is 2. The second-order valence-corrected chi connectivity index (χ2v) is 8.39. The third-order valence-electron chi connectivity index (χ3n) is 5.73. The molecule has 35 heavy (non-hydrogen) atoms. The number of para-hydroxylation sites is 1. The van der Waals surface area contributed by atoms with Crippen LogP contribution < -0.4 is 16.6 Å². The number of nitrogens with one attached hydrogen (secondary N) is 1. The smallest absolute Gasteiger partial charge is 0.265 e. The zero-order chi connectivity index (χ0) is 24.5. The Bertz CT molecular complexity index is 1580. The molecule has 3 N–H and O–H groups in total. The van der Waals surface area contributed by atoms with Crippen molar-refractivity contribution in [2.75, 3.05) is 11.1 Å². The van der Waals surface area contributed by atoms with Crippen molar-refractivity contribution >= 4 is 34.0 Å². The lowest BCUT2D eigenvalue weighted by atomic mass is 10.0. The Labute approximate surface area is 205 Å². The highest BCUT2D eigenvalue weighted by atomic mass is 35.5. The summed E-state index contributed by atoms with van der Waals surface area (Å²) in [6.07, 6.45) is 1.99. The summed E-state index contributed by atoms with van der Waals surface area (Å²) in [4.78, 5) is 26.5. The third-order valence-corrected chi connectivity index (χ3v) is 6.05. The molecule has 9 nitrogen and oxygen atoms in total. The fraction of sp³-hybridized carbons (Fsp3) is 0.160. The van der Waals surface area contributed by atoms with Gasteiger partial charge in [-0.2, -0.15) is 4.98 Å². The maximum absolute atomic E-state index is 13.8. The average Bonchev–Trinajstić information content (AvgIpc) is 3.28. The van der Waals surface area contributed by atoms with E-state index in [1.54, 1.807) is 17.6 Å². The molecule has 0 aliphatic carbocycles. The van der Waals surface area contributed by atoms with E-state index in [4.69, 9.17) is 21.9 Å². The number of nitrogens with two attached hydrogens (primary N) is 1. The fourth-order valence-corrected chi connectivity index (χ4v) is 4.37. The lowest BCUT2D eigenvalue weighted by Gasteiger charge is -2.24. The van der Waals surface area contributed by atoms with E-state index in [9.17, 15) is 4.79 Å². The number of rotatable bonds is 6. The van der Waals surface area contributed by atoms with E-state index >= 15 is 0 Å². The largest absolute Gasteiger partial charge is 0.383 e. The summed E-state index contributed by atoms with van der Waals surface area (Å²) in [6.45, 7) is 3.73. The topological polar surface area (TPSA) is 125 Å². The van der Waals surface area contributed by atoms with Crippen LogP contribution in [0.25, 0.3) is 27.9 Å². The van der Waals surface area contributed by atoms with Gasteiger partial charge in [-0.15, -0.1) is 0 Å². The van der Waals surface area contributed by atoms with Gasteiger partial charge in [-0.3, -0.25) is 9.36 Å². The van der Waals surface area contributed by atoms with Crippen LogP contribution in [0.1, 0.15) is 30.9 Å². The quantitative estimate of drug-likeness (QED) is 0.345. The Morgan fingerprint density at radius 2 is 1.94 bits per heavy atom. The summed E-state index contributed by atoms with van der Waals surface area (Å²) in [5.41, 5.74) is 7.83. The van der Waals surface area contributed by atoms with Crippen molar-refractivity contribution in [2.45, 2.75) is 26.3 Å². The second kappa shape index (κ2) is 9.19. The summed E-state index contributed by atoms with van der Waals surface area (Å²) in [7, 11) is 0. The third kappa shape index (κ3) is 4.10. The summed E-state index contributed by atoms with van der Waals surface area (Å²) >= 11 is 6.44.